The standard InChI is InChI=1S/C64H124O6/c1-6-7-8-9-10-11-12-13-14-18-24-29-34-39-44-49-54-62(65)68-57-61(58-69-63(66)55-50-45-40-35-30-25-21-20-23-28-33-38-43-48-53-60(4)5)70-64(67)56-51-46-41-36-31-26-19-16-15-17-22-27-32-37-42-47-52-59(2)3/h59-61H,6-58H2,1-5H3/t61-/m0/s1. The van der Waals surface area contributed by atoms with E-state index in [4.69, 9.17) is 14.2 Å². The molecule has 70 heavy (non-hydrogen) atoms. The summed E-state index contributed by atoms with van der Waals surface area (Å²) in [7, 11) is 0. The highest BCUT2D eigenvalue weighted by atomic mass is 16.6. The van der Waals surface area contributed by atoms with Gasteiger partial charge in [0.05, 0.1) is 0 Å². The fourth-order valence-corrected chi connectivity index (χ4v) is 9.93. The molecule has 0 unspecified atom stereocenters. The first-order valence-corrected chi connectivity index (χ1v) is 31.7. The van der Waals surface area contributed by atoms with Crippen molar-refractivity contribution in [2.45, 2.75) is 368 Å². The molecule has 0 fully saturated rings. The lowest BCUT2D eigenvalue weighted by atomic mass is 10.0. The van der Waals surface area contributed by atoms with E-state index in [1.807, 2.05) is 0 Å². The van der Waals surface area contributed by atoms with Crippen molar-refractivity contribution >= 4 is 17.9 Å². The average Bonchev–Trinajstić information content (AvgIpc) is 3.33. The molecule has 0 aromatic rings. The maximum absolute atomic E-state index is 12.9. The second kappa shape index (κ2) is 56.7. The molecule has 0 aliphatic rings. The number of carbonyl (C=O) groups is 3. The summed E-state index contributed by atoms with van der Waals surface area (Å²) in [5, 5.41) is 0. The molecule has 0 amide bonds. The van der Waals surface area contributed by atoms with Gasteiger partial charge >= 0.3 is 17.9 Å². The van der Waals surface area contributed by atoms with Crippen LogP contribution in [0, 0.1) is 11.8 Å². The Kier molecular flexibility index (Phi) is 55.4. The third-order valence-electron chi connectivity index (χ3n) is 14.7. The number of ether oxygens (including phenoxy) is 3. The summed E-state index contributed by atoms with van der Waals surface area (Å²) in [6.45, 7) is 11.5. The van der Waals surface area contributed by atoms with Gasteiger partial charge in [0.25, 0.3) is 0 Å². The number of hydrogen-bond donors (Lipinski definition) is 0. The minimum atomic E-state index is -0.763. The van der Waals surface area contributed by atoms with E-state index in [1.165, 1.54) is 250 Å². The predicted molar refractivity (Wildman–Crippen MR) is 303 cm³/mol. The molecule has 0 aromatic heterocycles. The molecular formula is C64H124O6. The van der Waals surface area contributed by atoms with Crippen molar-refractivity contribution in [3.63, 3.8) is 0 Å². The molecule has 0 heterocycles. The van der Waals surface area contributed by atoms with Crippen LogP contribution in [0.25, 0.3) is 0 Å². The predicted octanol–water partition coefficient (Wildman–Crippen LogP) is 21.2. The van der Waals surface area contributed by atoms with Crippen LogP contribution in [0.1, 0.15) is 362 Å². The number of hydrogen-bond acceptors (Lipinski definition) is 6. The van der Waals surface area contributed by atoms with Crippen LogP contribution < -0.4 is 0 Å². The van der Waals surface area contributed by atoms with Crippen molar-refractivity contribution in [3.05, 3.63) is 0 Å². The summed E-state index contributed by atoms with van der Waals surface area (Å²) in [6.07, 6.45) is 62.4. The van der Waals surface area contributed by atoms with Gasteiger partial charge in [0, 0.05) is 19.3 Å². The van der Waals surface area contributed by atoms with Gasteiger partial charge in [0.15, 0.2) is 6.10 Å². The van der Waals surface area contributed by atoms with Crippen molar-refractivity contribution in [1.29, 1.82) is 0 Å². The van der Waals surface area contributed by atoms with E-state index in [0.717, 1.165) is 69.6 Å². The van der Waals surface area contributed by atoms with Crippen LogP contribution in [-0.2, 0) is 28.6 Å². The van der Waals surface area contributed by atoms with E-state index in [0.29, 0.717) is 19.3 Å². The largest absolute Gasteiger partial charge is 0.462 e. The first-order chi connectivity index (χ1) is 34.2. The molecule has 0 rings (SSSR count). The van der Waals surface area contributed by atoms with Crippen LogP contribution in [0.2, 0.25) is 0 Å². The van der Waals surface area contributed by atoms with E-state index in [-0.39, 0.29) is 31.1 Å². The molecule has 0 saturated heterocycles. The van der Waals surface area contributed by atoms with Gasteiger partial charge in [-0.25, -0.2) is 0 Å². The third-order valence-corrected chi connectivity index (χ3v) is 14.7. The van der Waals surface area contributed by atoms with Crippen molar-refractivity contribution in [1.82, 2.24) is 0 Å². The molecule has 0 aromatic carbocycles. The van der Waals surface area contributed by atoms with Crippen LogP contribution in [0.15, 0.2) is 0 Å². The summed E-state index contributed by atoms with van der Waals surface area (Å²) in [5.74, 6) is 0.866. The maximum Gasteiger partial charge on any atom is 0.306 e. The molecule has 0 saturated carbocycles. The highest BCUT2D eigenvalue weighted by Crippen LogP contribution is 2.19. The maximum atomic E-state index is 12.9. The Morgan fingerprint density at radius 3 is 0.700 bits per heavy atom. The second-order valence-electron chi connectivity index (χ2n) is 23.0. The van der Waals surface area contributed by atoms with Crippen molar-refractivity contribution in [2.24, 2.45) is 11.8 Å². The average molecular weight is 990 g/mol. The van der Waals surface area contributed by atoms with Gasteiger partial charge in [-0.3, -0.25) is 14.4 Å². The topological polar surface area (TPSA) is 78.9 Å². The first-order valence-electron chi connectivity index (χ1n) is 31.7. The summed E-state index contributed by atoms with van der Waals surface area (Å²) in [6, 6.07) is 0. The Bertz CT molecular complexity index is 1070. The molecule has 1 atom stereocenters. The summed E-state index contributed by atoms with van der Waals surface area (Å²) in [5.41, 5.74) is 0. The third kappa shape index (κ3) is 57.3. The zero-order valence-electron chi connectivity index (χ0n) is 48.2. The Hall–Kier alpha value is -1.59. The Morgan fingerprint density at radius 1 is 0.271 bits per heavy atom. The number of unbranched alkanes of at least 4 members (excludes halogenated alkanes) is 43. The van der Waals surface area contributed by atoms with Gasteiger partial charge in [0.1, 0.15) is 13.2 Å². The summed E-state index contributed by atoms with van der Waals surface area (Å²) < 4.78 is 17.0. The highest BCUT2D eigenvalue weighted by Gasteiger charge is 2.19. The van der Waals surface area contributed by atoms with Crippen LogP contribution in [-0.4, -0.2) is 37.2 Å². The molecular weight excluding hydrogens is 865 g/mol. The zero-order valence-corrected chi connectivity index (χ0v) is 48.2. The molecule has 0 N–H and O–H groups in total. The monoisotopic (exact) mass is 989 g/mol. The van der Waals surface area contributed by atoms with Crippen LogP contribution in [0.4, 0.5) is 0 Å². The van der Waals surface area contributed by atoms with Gasteiger partial charge in [-0.1, -0.05) is 324 Å². The number of rotatable bonds is 58. The Morgan fingerprint density at radius 2 is 0.471 bits per heavy atom. The minimum Gasteiger partial charge on any atom is -0.462 e. The molecule has 416 valence electrons. The lowest BCUT2D eigenvalue weighted by Gasteiger charge is -2.18. The lowest BCUT2D eigenvalue weighted by molar-refractivity contribution is -0.167. The van der Waals surface area contributed by atoms with Crippen LogP contribution >= 0.6 is 0 Å². The van der Waals surface area contributed by atoms with Crippen molar-refractivity contribution in [3.8, 4) is 0 Å². The van der Waals surface area contributed by atoms with Crippen LogP contribution in [0.5, 0.6) is 0 Å². The Balaban J connectivity index is 4.29. The normalized spacial score (nSPS) is 12.0. The molecule has 0 bridgehead atoms. The molecule has 0 aliphatic heterocycles. The van der Waals surface area contributed by atoms with Gasteiger partial charge in [-0.2, -0.15) is 0 Å². The molecule has 0 aliphatic carbocycles. The van der Waals surface area contributed by atoms with Gasteiger partial charge in [-0.15, -0.1) is 0 Å². The van der Waals surface area contributed by atoms with E-state index in [1.54, 1.807) is 0 Å². The van der Waals surface area contributed by atoms with Gasteiger partial charge in [0.2, 0.25) is 0 Å². The van der Waals surface area contributed by atoms with E-state index in [2.05, 4.69) is 34.6 Å². The summed E-state index contributed by atoms with van der Waals surface area (Å²) in [4.78, 5) is 38.3. The fourth-order valence-electron chi connectivity index (χ4n) is 9.93. The van der Waals surface area contributed by atoms with E-state index in [9.17, 15) is 14.4 Å². The molecule has 6 nitrogen and oxygen atoms in total. The first kappa shape index (κ1) is 68.4. The number of carbonyl (C=O) groups excluding carboxylic acids is 3. The van der Waals surface area contributed by atoms with Crippen molar-refractivity contribution < 1.29 is 28.6 Å². The lowest BCUT2D eigenvalue weighted by Crippen LogP contribution is -2.30. The smallest absolute Gasteiger partial charge is 0.306 e. The second-order valence-corrected chi connectivity index (χ2v) is 23.0. The molecule has 0 spiro atoms. The minimum absolute atomic E-state index is 0.0618. The fraction of sp³-hybridized carbons (Fsp3) is 0.953. The molecule has 0 radical (unpaired) electrons. The molecule has 6 heteroatoms. The van der Waals surface area contributed by atoms with Gasteiger partial charge < -0.3 is 14.2 Å². The highest BCUT2D eigenvalue weighted by molar-refractivity contribution is 5.71. The SMILES string of the molecule is CCCCCCCCCCCCCCCCCCC(=O)OC[C@@H](COC(=O)CCCCCCCCCCCCCCCCC(C)C)OC(=O)CCCCCCCCCCCCCCCCCCC(C)C. The Labute approximate surface area is 438 Å². The van der Waals surface area contributed by atoms with Crippen LogP contribution in [0.3, 0.4) is 0 Å². The quantitative estimate of drug-likeness (QED) is 0.0343. The van der Waals surface area contributed by atoms with E-state index >= 15 is 0 Å². The van der Waals surface area contributed by atoms with Crippen molar-refractivity contribution in [2.75, 3.05) is 13.2 Å². The van der Waals surface area contributed by atoms with Gasteiger partial charge in [-0.05, 0) is 31.1 Å². The van der Waals surface area contributed by atoms with E-state index < -0.39 is 6.10 Å². The summed E-state index contributed by atoms with van der Waals surface area (Å²) >= 11 is 0. The zero-order chi connectivity index (χ0) is 51.1. The number of esters is 3.